The highest BCUT2D eigenvalue weighted by atomic mass is 16.3. The maximum Gasteiger partial charge on any atom is 0.220 e. The van der Waals surface area contributed by atoms with Crippen LogP contribution in [-0.2, 0) is 11.2 Å². The molecule has 0 saturated carbocycles. The quantitative estimate of drug-likeness (QED) is 0.802. The molecule has 0 aliphatic rings. The first-order valence-corrected chi connectivity index (χ1v) is 4.81. The van der Waals surface area contributed by atoms with E-state index in [1.807, 2.05) is 32.9 Å². The van der Waals surface area contributed by atoms with Gasteiger partial charge in [-0.15, -0.1) is 0 Å². The van der Waals surface area contributed by atoms with Crippen molar-refractivity contribution < 1.29 is 9.21 Å². The molecule has 0 unspecified atom stereocenters. The van der Waals surface area contributed by atoms with Crippen molar-refractivity contribution in [3.63, 3.8) is 0 Å². The molecular formula is C11H17NO2. The van der Waals surface area contributed by atoms with Crippen LogP contribution in [0.5, 0.6) is 0 Å². The Kier molecular flexibility index (Phi) is 3.33. The topological polar surface area (TPSA) is 42.2 Å². The summed E-state index contributed by atoms with van der Waals surface area (Å²) in [4.78, 5) is 11.4. The Morgan fingerprint density at radius 3 is 2.71 bits per heavy atom. The lowest BCUT2D eigenvalue weighted by Gasteiger charge is -2.20. The van der Waals surface area contributed by atoms with Crippen LogP contribution < -0.4 is 5.32 Å². The molecule has 14 heavy (non-hydrogen) atoms. The maximum atomic E-state index is 11.4. The second kappa shape index (κ2) is 4.31. The summed E-state index contributed by atoms with van der Waals surface area (Å²) in [5, 5.41) is 2.90. The highest BCUT2D eigenvalue weighted by Gasteiger charge is 2.13. The summed E-state index contributed by atoms with van der Waals surface area (Å²) in [6, 6.07) is 3.71. The van der Waals surface area contributed by atoms with Crippen LogP contribution in [0.2, 0.25) is 0 Å². The second-order valence-corrected chi connectivity index (χ2v) is 4.38. The number of hydrogen-bond acceptors (Lipinski definition) is 2. The summed E-state index contributed by atoms with van der Waals surface area (Å²) in [6.45, 7) is 5.91. The van der Waals surface area contributed by atoms with Crippen molar-refractivity contribution in [3.05, 3.63) is 24.2 Å². The molecule has 0 bridgehead atoms. The molecular weight excluding hydrogens is 178 g/mol. The molecule has 1 amide bonds. The Labute approximate surface area is 84.5 Å². The first kappa shape index (κ1) is 10.8. The van der Waals surface area contributed by atoms with E-state index in [2.05, 4.69) is 5.32 Å². The Morgan fingerprint density at radius 1 is 1.50 bits per heavy atom. The number of rotatable bonds is 3. The summed E-state index contributed by atoms with van der Waals surface area (Å²) in [6.07, 6.45) is 2.76. The fourth-order valence-electron chi connectivity index (χ4n) is 1.17. The second-order valence-electron chi connectivity index (χ2n) is 4.38. The van der Waals surface area contributed by atoms with Crippen LogP contribution in [0, 0.1) is 0 Å². The van der Waals surface area contributed by atoms with Gasteiger partial charge in [0, 0.05) is 18.4 Å². The number of amides is 1. The molecule has 1 heterocycles. The highest BCUT2D eigenvalue weighted by molar-refractivity contribution is 5.76. The van der Waals surface area contributed by atoms with E-state index >= 15 is 0 Å². The first-order chi connectivity index (χ1) is 6.47. The summed E-state index contributed by atoms with van der Waals surface area (Å²) >= 11 is 0. The molecule has 1 rings (SSSR count). The van der Waals surface area contributed by atoms with E-state index in [4.69, 9.17) is 4.42 Å². The fourth-order valence-corrected chi connectivity index (χ4v) is 1.17. The minimum absolute atomic E-state index is 0.0638. The lowest BCUT2D eigenvalue weighted by Crippen LogP contribution is -2.40. The van der Waals surface area contributed by atoms with Gasteiger partial charge in [0.25, 0.3) is 0 Å². The maximum absolute atomic E-state index is 11.4. The number of nitrogens with one attached hydrogen (secondary N) is 1. The van der Waals surface area contributed by atoms with E-state index in [-0.39, 0.29) is 11.4 Å². The van der Waals surface area contributed by atoms with Crippen molar-refractivity contribution in [1.82, 2.24) is 5.32 Å². The summed E-state index contributed by atoms with van der Waals surface area (Å²) in [7, 11) is 0. The molecule has 3 heteroatoms. The van der Waals surface area contributed by atoms with E-state index < -0.39 is 0 Å². The van der Waals surface area contributed by atoms with Crippen molar-refractivity contribution in [2.75, 3.05) is 0 Å². The van der Waals surface area contributed by atoms with Gasteiger partial charge in [-0.2, -0.15) is 0 Å². The number of carbonyl (C=O) groups excluding carboxylic acids is 1. The van der Waals surface area contributed by atoms with Crippen molar-refractivity contribution in [3.8, 4) is 0 Å². The molecule has 0 atom stereocenters. The van der Waals surface area contributed by atoms with Gasteiger partial charge in [-0.1, -0.05) is 0 Å². The van der Waals surface area contributed by atoms with E-state index in [9.17, 15) is 4.79 Å². The third-order valence-corrected chi connectivity index (χ3v) is 1.69. The number of hydrogen-bond donors (Lipinski definition) is 1. The van der Waals surface area contributed by atoms with E-state index in [1.54, 1.807) is 6.26 Å². The van der Waals surface area contributed by atoms with Gasteiger partial charge in [-0.05, 0) is 32.9 Å². The molecule has 78 valence electrons. The Morgan fingerprint density at radius 2 is 2.21 bits per heavy atom. The van der Waals surface area contributed by atoms with Crippen molar-refractivity contribution in [1.29, 1.82) is 0 Å². The van der Waals surface area contributed by atoms with Crippen LogP contribution in [0.25, 0.3) is 0 Å². The predicted molar refractivity (Wildman–Crippen MR) is 54.9 cm³/mol. The highest BCUT2D eigenvalue weighted by Crippen LogP contribution is 2.05. The third kappa shape index (κ3) is 4.12. The van der Waals surface area contributed by atoms with Gasteiger partial charge < -0.3 is 9.73 Å². The summed E-state index contributed by atoms with van der Waals surface area (Å²) in [5.41, 5.74) is -0.153. The molecule has 3 nitrogen and oxygen atoms in total. The molecule has 0 fully saturated rings. The largest absolute Gasteiger partial charge is 0.469 e. The lowest BCUT2D eigenvalue weighted by atomic mass is 10.1. The van der Waals surface area contributed by atoms with Gasteiger partial charge >= 0.3 is 0 Å². The average Bonchev–Trinajstić information content (AvgIpc) is 2.49. The molecule has 1 aromatic heterocycles. The van der Waals surface area contributed by atoms with Gasteiger partial charge in [-0.3, -0.25) is 4.79 Å². The standard InChI is InChI=1S/C11H17NO2/c1-11(2,3)12-10(13)7-6-9-5-4-8-14-9/h4-5,8H,6-7H2,1-3H3,(H,12,13). The van der Waals surface area contributed by atoms with Gasteiger partial charge in [0.2, 0.25) is 5.91 Å². The molecule has 0 spiro atoms. The zero-order chi connectivity index (χ0) is 10.6. The molecule has 1 aromatic rings. The van der Waals surface area contributed by atoms with Crippen LogP contribution in [-0.4, -0.2) is 11.4 Å². The van der Waals surface area contributed by atoms with Gasteiger partial charge in [0.15, 0.2) is 0 Å². The number of furan rings is 1. The Hall–Kier alpha value is -1.25. The van der Waals surface area contributed by atoms with Crippen LogP contribution in [0.4, 0.5) is 0 Å². The van der Waals surface area contributed by atoms with Crippen molar-refractivity contribution in [2.24, 2.45) is 0 Å². The third-order valence-electron chi connectivity index (χ3n) is 1.69. The SMILES string of the molecule is CC(C)(C)NC(=O)CCc1ccco1. The lowest BCUT2D eigenvalue weighted by molar-refractivity contribution is -0.122. The van der Waals surface area contributed by atoms with Gasteiger partial charge in [-0.25, -0.2) is 0 Å². The monoisotopic (exact) mass is 195 g/mol. The van der Waals surface area contributed by atoms with Crippen LogP contribution in [0.1, 0.15) is 33.0 Å². The smallest absolute Gasteiger partial charge is 0.220 e. The van der Waals surface area contributed by atoms with Crippen LogP contribution in [0.15, 0.2) is 22.8 Å². The summed E-state index contributed by atoms with van der Waals surface area (Å²) in [5.74, 6) is 0.919. The van der Waals surface area contributed by atoms with Crippen LogP contribution in [0.3, 0.4) is 0 Å². The Bertz CT molecular complexity index is 283. The van der Waals surface area contributed by atoms with E-state index in [0.29, 0.717) is 12.8 Å². The number of aryl methyl sites for hydroxylation is 1. The minimum atomic E-state index is -0.153. The van der Waals surface area contributed by atoms with E-state index in [1.165, 1.54) is 0 Å². The van der Waals surface area contributed by atoms with Gasteiger partial charge in [0.1, 0.15) is 5.76 Å². The molecule has 1 N–H and O–H groups in total. The number of carbonyl (C=O) groups is 1. The fraction of sp³-hybridized carbons (Fsp3) is 0.545. The zero-order valence-electron chi connectivity index (χ0n) is 8.96. The first-order valence-electron chi connectivity index (χ1n) is 4.81. The average molecular weight is 195 g/mol. The summed E-state index contributed by atoms with van der Waals surface area (Å²) < 4.78 is 5.13. The van der Waals surface area contributed by atoms with Crippen molar-refractivity contribution >= 4 is 5.91 Å². The Balaban J connectivity index is 2.29. The zero-order valence-corrected chi connectivity index (χ0v) is 8.96. The molecule has 0 aliphatic heterocycles. The van der Waals surface area contributed by atoms with Crippen LogP contribution >= 0.6 is 0 Å². The molecule has 0 aromatic carbocycles. The minimum Gasteiger partial charge on any atom is -0.469 e. The molecule has 0 aliphatic carbocycles. The van der Waals surface area contributed by atoms with Gasteiger partial charge in [0.05, 0.1) is 6.26 Å². The normalized spacial score (nSPS) is 11.4. The predicted octanol–water partition coefficient (Wildman–Crippen LogP) is 2.13. The molecule has 0 radical (unpaired) electrons. The van der Waals surface area contributed by atoms with Crippen molar-refractivity contribution in [2.45, 2.75) is 39.2 Å². The van der Waals surface area contributed by atoms with E-state index in [0.717, 1.165) is 5.76 Å². The molecule has 0 saturated heterocycles.